The SMILES string of the molecule is CC(=O)Nc1ccc(/C=C\C(=O)N[C@H](C)CN2CCN(C)CC2)cc1. The Morgan fingerprint density at radius 3 is 2.40 bits per heavy atom. The quantitative estimate of drug-likeness (QED) is 0.766. The fourth-order valence-corrected chi connectivity index (χ4v) is 2.81. The third kappa shape index (κ3) is 7.07. The molecule has 0 aromatic heterocycles. The second-order valence-corrected chi connectivity index (χ2v) is 6.65. The number of nitrogens with zero attached hydrogens (tertiary/aromatic N) is 2. The van der Waals surface area contributed by atoms with Gasteiger partial charge in [-0.2, -0.15) is 0 Å². The molecule has 2 amide bonds. The Morgan fingerprint density at radius 2 is 1.80 bits per heavy atom. The topological polar surface area (TPSA) is 64.7 Å². The highest BCUT2D eigenvalue weighted by molar-refractivity contribution is 5.92. The van der Waals surface area contributed by atoms with Gasteiger partial charge in [-0.05, 0) is 37.7 Å². The van der Waals surface area contributed by atoms with Crippen LogP contribution in [0.25, 0.3) is 6.08 Å². The van der Waals surface area contributed by atoms with Gasteiger partial charge < -0.3 is 15.5 Å². The van der Waals surface area contributed by atoms with Gasteiger partial charge in [-0.25, -0.2) is 0 Å². The number of amides is 2. The van der Waals surface area contributed by atoms with Gasteiger partial charge in [0.1, 0.15) is 0 Å². The number of carbonyl (C=O) groups excluding carboxylic acids is 2. The summed E-state index contributed by atoms with van der Waals surface area (Å²) in [7, 11) is 2.13. The van der Waals surface area contributed by atoms with Crippen molar-refractivity contribution in [2.75, 3.05) is 45.1 Å². The van der Waals surface area contributed by atoms with Crippen molar-refractivity contribution in [3.63, 3.8) is 0 Å². The van der Waals surface area contributed by atoms with E-state index in [1.54, 1.807) is 12.2 Å². The van der Waals surface area contributed by atoms with E-state index in [1.165, 1.54) is 6.92 Å². The molecular weight excluding hydrogens is 316 g/mol. The number of piperazine rings is 1. The van der Waals surface area contributed by atoms with Crippen LogP contribution in [0.2, 0.25) is 0 Å². The number of hydrogen-bond donors (Lipinski definition) is 2. The zero-order valence-corrected chi connectivity index (χ0v) is 15.3. The summed E-state index contributed by atoms with van der Waals surface area (Å²) in [4.78, 5) is 27.7. The zero-order valence-electron chi connectivity index (χ0n) is 15.3. The Bertz CT molecular complexity index is 604. The van der Waals surface area contributed by atoms with E-state index in [0.717, 1.165) is 44.0 Å². The monoisotopic (exact) mass is 344 g/mol. The molecule has 1 aromatic rings. The Labute approximate surface area is 149 Å². The standard InChI is InChI=1S/C19H28N4O2/c1-15(14-23-12-10-22(3)11-13-23)20-19(25)9-6-17-4-7-18(8-5-17)21-16(2)24/h4-9,15H,10-14H2,1-3H3,(H,20,25)(H,21,24)/b9-6-/t15-/m1/s1. The summed E-state index contributed by atoms with van der Waals surface area (Å²) in [5.74, 6) is -0.190. The summed E-state index contributed by atoms with van der Waals surface area (Å²) in [5, 5.41) is 5.72. The molecule has 6 nitrogen and oxygen atoms in total. The molecule has 0 radical (unpaired) electrons. The largest absolute Gasteiger partial charge is 0.349 e. The second kappa shape index (κ2) is 9.34. The molecule has 1 atom stereocenters. The van der Waals surface area contributed by atoms with E-state index in [2.05, 4.69) is 27.5 Å². The Kier molecular flexibility index (Phi) is 7.16. The van der Waals surface area contributed by atoms with Crippen molar-refractivity contribution in [2.45, 2.75) is 19.9 Å². The van der Waals surface area contributed by atoms with E-state index >= 15 is 0 Å². The van der Waals surface area contributed by atoms with Crippen LogP contribution in [0.1, 0.15) is 19.4 Å². The molecule has 2 N–H and O–H groups in total. The van der Waals surface area contributed by atoms with Crippen LogP contribution in [0.15, 0.2) is 30.3 Å². The lowest BCUT2D eigenvalue weighted by atomic mass is 10.2. The lowest BCUT2D eigenvalue weighted by molar-refractivity contribution is -0.117. The minimum Gasteiger partial charge on any atom is -0.349 e. The third-order valence-corrected chi connectivity index (χ3v) is 4.17. The Morgan fingerprint density at radius 1 is 1.16 bits per heavy atom. The van der Waals surface area contributed by atoms with Crippen LogP contribution < -0.4 is 10.6 Å². The molecule has 0 saturated carbocycles. The molecule has 0 aliphatic carbocycles. The summed E-state index contributed by atoms with van der Waals surface area (Å²) < 4.78 is 0. The maximum Gasteiger partial charge on any atom is 0.244 e. The van der Waals surface area contributed by atoms with E-state index < -0.39 is 0 Å². The van der Waals surface area contributed by atoms with Gasteiger partial charge in [-0.15, -0.1) is 0 Å². The first kappa shape index (κ1) is 19.1. The van der Waals surface area contributed by atoms with E-state index in [4.69, 9.17) is 0 Å². The van der Waals surface area contributed by atoms with Crippen LogP contribution in [0.5, 0.6) is 0 Å². The summed E-state index contributed by atoms with van der Waals surface area (Å²) in [6.45, 7) is 8.64. The fourth-order valence-electron chi connectivity index (χ4n) is 2.81. The first-order valence-corrected chi connectivity index (χ1v) is 8.69. The molecule has 25 heavy (non-hydrogen) atoms. The molecule has 0 spiro atoms. The van der Waals surface area contributed by atoms with Crippen molar-refractivity contribution >= 4 is 23.6 Å². The molecule has 1 aliphatic rings. The number of carbonyl (C=O) groups is 2. The minimum atomic E-state index is -0.1000. The summed E-state index contributed by atoms with van der Waals surface area (Å²) in [5.41, 5.74) is 1.66. The van der Waals surface area contributed by atoms with Crippen LogP contribution in [0, 0.1) is 0 Å². The zero-order chi connectivity index (χ0) is 18.2. The van der Waals surface area contributed by atoms with Gasteiger partial charge in [0.25, 0.3) is 0 Å². The number of likely N-dealkylation sites (N-methyl/N-ethyl adjacent to an activating group) is 1. The highest BCUT2D eigenvalue weighted by Crippen LogP contribution is 2.10. The number of hydrogen-bond acceptors (Lipinski definition) is 4. The Balaban J connectivity index is 1.76. The molecule has 1 heterocycles. The highest BCUT2D eigenvalue weighted by atomic mass is 16.2. The average molecular weight is 344 g/mol. The highest BCUT2D eigenvalue weighted by Gasteiger charge is 2.16. The molecule has 1 saturated heterocycles. The van der Waals surface area contributed by atoms with Crippen LogP contribution >= 0.6 is 0 Å². The predicted molar refractivity (Wildman–Crippen MR) is 101 cm³/mol. The molecular formula is C19H28N4O2. The second-order valence-electron chi connectivity index (χ2n) is 6.65. The van der Waals surface area contributed by atoms with Gasteiger partial charge in [0.15, 0.2) is 0 Å². The summed E-state index contributed by atoms with van der Waals surface area (Å²) >= 11 is 0. The number of rotatable bonds is 6. The maximum absolute atomic E-state index is 12.1. The van der Waals surface area contributed by atoms with Crippen LogP contribution in [0.3, 0.4) is 0 Å². The van der Waals surface area contributed by atoms with E-state index in [1.807, 2.05) is 31.2 Å². The molecule has 1 aliphatic heterocycles. The van der Waals surface area contributed by atoms with Gasteiger partial charge >= 0.3 is 0 Å². The van der Waals surface area contributed by atoms with Crippen molar-refractivity contribution in [3.8, 4) is 0 Å². The number of benzene rings is 1. The maximum atomic E-state index is 12.1. The van der Waals surface area contributed by atoms with Crippen LogP contribution in [-0.2, 0) is 9.59 Å². The van der Waals surface area contributed by atoms with Crippen molar-refractivity contribution in [1.82, 2.24) is 15.1 Å². The van der Waals surface area contributed by atoms with Gasteiger partial charge in [0.05, 0.1) is 0 Å². The normalized spacial score (nSPS) is 17.4. The van der Waals surface area contributed by atoms with Crippen molar-refractivity contribution < 1.29 is 9.59 Å². The molecule has 6 heteroatoms. The third-order valence-electron chi connectivity index (χ3n) is 4.17. The lowest BCUT2D eigenvalue weighted by Gasteiger charge is -2.33. The van der Waals surface area contributed by atoms with Crippen LogP contribution in [0.4, 0.5) is 5.69 Å². The van der Waals surface area contributed by atoms with Gasteiger partial charge in [0.2, 0.25) is 11.8 Å². The molecule has 2 rings (SSSR count). The van der Waals surface area contributed by atoms with Crippen LogP contribution in [-0.4, -0.2) is 67.4 Å². The predicted octanol–water partition coefficient (Wildman–Crippen LogP) is 1.41. The molecule has 1 fully saturated rings. The number of anilines is 1. The summed E-state index contributed by atoms with van der Waals surface area (Å²) in [6.07, 6.45) is 3.32. The first-order valence-electron chi connectivity index (χ1n) is 8.69. The Hall–Kier alpha value is -2.18. The molecule has 136 valence electrons. The number of nitrogens with one attached hydrogen (secondary N) is 2. The molecule has 0 bridgehead atoms. The van der Waals surface area contributed by atoms with Gasteiger partial charge in [-0.3, -0.25) is 14.5 Å². The molecule has 0 unspecified atom stereocenters. The smallest absolute Gasteiger partial charge is 0.244 e. The van der Waals surface area contributed by atoms with E-state index in [-0.39, 0.29) is 17.9 Å². The minimum absolute atomic E-state index is 0.0902. The van der Waals surface area contributed by atoms with Crippen molar-refractivity contribution in [2.24, 2.45) is 0 Å². The average Bonchev–Trinajstić information content (AvgIpc) is 2.56. The van der Waals surface area contributed by atoms with Crippen molar-refractivity contribution in [1.29, 1.82) is 0 Å². The lowest BCUT2D eigenvalue weighted by Crippen LogP contribution is -2.49. The van der Waals surface area contributed by atoms with E-state index in [0.29, 0.717) is 0 Å². The molecule has 1 aromatic carbocycles. The van der Waals surface area contributed by atoms with Crippen molar-refractivity contribution in [3.05, 3.63) is 35.9 Å². The first-order chi connectivity index (χ1) is 11.9. The van der Waals surface area contributed by atoms with Gasteiger partial charge in [-0.1, -0.05) is 12.1 Å². The summed E-state index contributed by atoms with van der Waals surface area (Å²) in [6, 6.07) is 7.47. The van der Waals surface area contributed by atoms with Gasteiger partial charge in [0, 0.05) is 57.5 Å². The van der Waals surface area contributed by atoms with E-state index in [9.17, 15) is 9.59 Å². The fraction of sp³-hybridized carbons (Fsp3) is 0.474.